The Balaban J connectivity index is 1.89. The first-order chi connectivity index (χ1) is 8.65. The summed E-state index contributed by atoms with van der Waals surface area (Å²) in [6.07, 6.45) is 0.0742. The number of nitrogens with zero attached hydrogens (tertiary/aromatic N) is 1. The molecule has 1 saturated heterocycles. The maximum atomic E-state index is 13.4. The van der Waals surface area contributed by atoms with Crippen LogP contribution >= 0.6 is 0 Å². The third-order valence-electron chi connectivity index (χ3n) is 2.86. The Morgan fingerprint density at radius 2 is 2.17 bits per heavy atom. The van der Waals surface area contributed by atoms with Crippen LogP contribution in [0.4, 0.5) is 4.39 Å². The quantitative estimate of drug-likeness (QED) is 0.840. The van der Waals surface area contributed by atoms with E-state index in [1.807, 2.05) is 0 Å². The fourth-order valence-corrected chi connectivity index (χ4v) is 1.99. The summed E-state index contributed by atoms with van der Waals surface area (Å²) in [5.41, 5.74) is 0.406. The number of Topliss-reactive ketones (excluding diaryl/α,β-unsaturated/α-hetero) is 1. The summed E-state index contributed by atoms with van der Waals surface area (Å²) in [4.78, 5) is 24.7. The molecule has 0 unspecified atom stereocenters. The fourth-order valence-electron chi connectivity index (χ4n) is 1.99. The molecule has 1 aromatic carbocycles. The second-order valence-corrected chi connectivity index (χ2v) is 4.37. The van der Waals surface area contributed by atoms with Gasteiger partial charge in [-0.3, -0.25) is 14.5 Å². The summed E-state index contributed by atoms with van der Waals surface area (Å²) in [6.45, 7) is 1.66. The van der Waals surface area contributed by atoms with E-state index in [1.54, 1.807) is 23.1 Å². The van der Waals surface area contributed by atoms with Gasteiger partial charge in [-0.25, -0.2) is 4.39 Å². The molecular formula is C13H15FN2O2. The molecule has 1 heterocycles. The number of nitrogens with one attached hydrogen (secondary N) is 1. The molecule has 1 aliphatic rings. The maximum Gasteiger partial charge on any atom is 0.234 e. The molecule has 0 aromatic heterocycles. The standard InChI is InChI=1S/C13H15FN2O2/c14-12-4-2-1-3-10(12)7-11(17)8-16-6-5-15-13(18)9-16/h1-4H,5-9H2,(H,15,18). The molecule has 2 rings (SSSR count). The van der Waals surface area contributed by atoms with Crippen molar-refractivity contribution < 1.29 is 14.0 Å². The minimum Gasteiger partial charge on any atom is -0.354 e. The van der Waals surface area contributed by atoms with Crippen molar-refractivity contribution in [2.45, 2.75) is 6.42 Å². The second kappa shape index (κ2) is 5.73. The first-order valence-electron chi connectivity index (χ1n) is 5.89. The first-order valence-corrected chi connectivity index (χ1v) is 5.89. The molecule has 1 fully saturated rings. The zero-order chi connectivity index (χ0) is 13.0. The average Bonchev–Trinajstić information content (AvgIpc) is 2.32. The summed E-state index contributed by atoms with van der Waals surface area (Å²) in [7, 11) is 0. The van der Waals surface area contributed by atoms with Crippen molar-refractivity contribution in [1.82, 2.24) is 10.2 Å². The van der Waals surface area contributed by atoms with Crippen LogP contribution in [0.15, 0.2) is 24.3 Å². The SMILES string of the molecule is O=C(Cc1ccccc1F)CN1CCNC(=O)C1. The highest BCUT2D eigenvalue weighted by molar-refractivity contribution is 5.84. The number of hydrogen-bond acceptors (Lipinski definition) is 3. The molecule has 5 heteroatoms. The van der Waals surface area contributed by atoms with Crippen molar-refractivity contribution in [2.24, 2.45) is 0 Å². The van der Waals surface area contributed by atoms with Gasteiger partial charge in [0.2, 0.25) is 5.91 Å². The smallest absolute Gasteiger partial charge is 0.234 e. The molecule has 18 heavy (non-hydrogen) atoms. The number of benzene rings is 1. The van der Waals surface area contributed by atoms with Crippen molar-refractivity contribution >= 4 is 11.7 Å². The molecule has 0 bridgehead atoms. The minimum absolute atomic E-state index is 0.0695. The van der Waals surface area contributed by atoms with Gasteiger partial charge in [-0.1, -0.05) is 18.2 Å². The Kier molecular flexibility index (Phi) is 4.04. The van der Waals surface area contributed by atoms with Gasteiger partial charge in [0.05, 0.1) is 13.1 Å². The van der Waals surface area contributed by atoms with Crippen molar-refractivity contribution in [3.63, 3.8) is 0 Å². The van der Waals surface area contributed by atoms with Crippen LogP contribution in [0.25, 0.3) is 0 Å². The lowest BCUT2D eigenvalue weighted by Gasteiger charge is -2.25. The summed E-state index contributed by atoms with van der Waals surface area (Å²) < 4.78 is 13.4. The van der Waals surface area contributed by atoms with Crippen molar-refractivity contribution in [1.29, 1.82) is 0 Å². The third kappa shape index (κ3) is 3.37. The van der Waals surface area contributed by atoms with E-state index in [1.165, 1.54) is 6.07 Å². The summed E-state index contributed by atoms with van der Waals surface area (Å²) in [6, 6.07) is 6.26. The van der Waals surface area contributed by atoms with Crippen molar-refractivity contribution in [3.05, 3.63) is 35.6 Å². The zero-order valence-electron chi connectivity index (χ0n) is 9.99. The van der Waals surface area contributed by atoms with Gasteiger partial charge in [0.25, 0.3) is 0 Å². The van der Waals surface area contributed by atoms with Gasteiger partial charge >= 0.3 is 0 Å². The van der Waals surface area contributed by atoms with Crippen LogP contribution in [0.3, 0.4) is 0 Å². The molecule has 1 N–H and O–H groups in total. The number of piperazine rings is 1. The molecule has 1 aromatic rings. The summed E-state index contributed by atoms with van der Waals surface area (Å²) in [5, 5.41) is 2.69. The van der Waals surface area contributed by atoms with Gasteiger partial charge in [-0.05, 0) is 11.6 Å². The Labute approximate surface area is 105 Å². The molecule has 1 aliphatic heterocycles. The number of hydrogen-bond donors (Lipinski definition) is 1. The molecule has 0 radical (unpaired) electrons. The van der Waals surface area contributed by atoms with E-state index < -0.39 is 0 Å². The number of carbonyl (C=O) groups excluding carboxylic acids is 2. The third-order valence-corrected chi connectivity index (χ3v) is 2.86. The van der Waals surface area contributed by atoms with Gasteiger partial charge in [0.15, 0.2) is 5.78 Å². The van der Waals surface area contributed by atoms with Gasteiger partial charge in [0, 0.05) is 19.5 Å². The minimum atomic E-state index is -0.359. The lowest BCUT2D eigenvalue weighted by molar-refractivity contribution is -0.126. The number of amides is 1. The lowest BCUT2D eigenvalue weighted by Crippen LogP contribution is -2.49. The normalized spacial score (nSPS) is 16.4. The summed E-state index contributed by atoms with van der Waals surface area (Å²) in [5.74, 6) is -0.503. The first kappa shape index (κ1) is 12.7. The number of halogens is 1. The highest BCUT2D eigenvalue weighted by Gasteiger charge is 2.19. The van der Waals surface area contributed by atoms with Crippen LogP contribution in [-0.2, 0) is 16.0 Å². The van der Waals surface area contributed by atoms with Crippen LogP contribution in [-0.4, -0.2) is 42.8 Å². The molecule has 0 spiro atoms. The Morgan fingerprint density at radius 1 is 1.39 bits per heavy atom. The lowest BCUT2D eigenvalue weighted by atomic mass is 10.1. The topological polar surface area (TPSA) is 49.4 Å². The zero-order valence-corrected chi connectivity index (χ0v) is 9.99. The predicted molar refractivity (Wildman–Crippen MR) is 64.6 cm³/mol. The number of ketones is 1. The van der Waals surface area contributed by atoms with Gasteiger partial charge in [-0.2, -0.15) is 0 Å². The molecule has 0 saturated carbocycles. The fraction of sp³-hybridized carbons (Fsp3) is 0.385. The Bertz CT molecular complexity index is 462. The number of rotatable bonds is 4. The van der Waals surface area contributed by atoms with Gasteiger partial charge in [0.1, 0.15) is 5.82 Å². The van der Waals surface area contributed by atoms with E-state index >= 15 is 0 Å². The average molecular weight is 250 g/mol. The van der Waals surface area contributed by atoms with E-state index in [0.717, 1.165) is 0 Å². The van der Waals surface area contributed by atoms with E-state index in [-0.39, 0.29) is 37.0 Å². The molecule has 1 amide bonds. The highest BCUT2D eigenvalue weighted by Crippen LogP contribution is 2.08. The second-order valence-electron chi connectivity index (χ2n) is 4.37. The van der Waals surface area contributed by atoms with E-state index in [0.29, 0.717) is 18.7 Å². The Morgan fingerprint density at radius 3 is 2.89 bits per heavy atom. The molecule has 0 aliphatic carbocycles. The van der Waals surface area contributed by atoms with Crippen LogP contribution in [0.2, 0.25) is 0 Å². The van der Waals surface area contributed by atoms with Gasteiger partial charge in [-0.15, -0.1) is 0 Å². The van der Waals surface area contributed by atoms with Crippen LogP contribution < -0.4 is 5.32 Å². The molecule has 0 atom stereocenters. The summed E-state index contributed by atoms with van der Waals surface area (Å²) >= 11 is 0. The monoisotopic (exact) mass is 250 g/mol. The Hall–Kier alpha value is -1.75. The largest absolute Gasteiger partial charge is 0.354 e. The van der Waals surface area contributed by atoms with Crippen LogP contribution in [0.1, 0.15) is 5.56 Å². The van der Waals surface area contributed by atoms with E-state index in [9.17, 15) is 14.0 Å². The molecule has 96 valence electrons. The van der Waals surface area contributed by atoms with Gasteiger partial charge < -0.3 is 5.32 Å². The molecular weight excluding hydrogens is 235 g/mol. The molecule has 4 nitrogen and oxygen atoms in total. The van der Waals surface area contributed by atoms with E-state index in [2.05, 4.69) is 5.32 Å². The van der Waals surface area contributed by atoms with Crippen molar-refractivity contribution in [3.8, 4) is 0 Å². The number of carbonyl (C=O) groups is 2. The predicted octanol–water partition coefficient (Wildman–Crippen LogP) is 0.369. The van der Waals surface area contributed by atoms with Crippen LogP contribution in [0, 0.1) is 5.82 Å². The van der Waals surface area contributed by atoms with E-state index in [4.69, 9.17) is 0 Å². The van der Waals surface area contributed by atoms with Crippen LogP contribution in [0.5, 0.6) is 0 Å². The van der Waals surface area contributed by atoms with Crippen molar-refractivity contribution in [2.75, 3.05) is 26.2 Å². The maximum absolute atomic E-state index is 13.4. The highest BCUT2D eigenvalue weighted by atomic mass is 19.1.